The third-order valence-electron chi connectivity index (χ3n) is 4.13. The Balaban J connectivity index is 1.68. The van der Waals surface area contributed by atoms with Gasteiger partial charge in [-0.25, -0.2) is 0 Å². The van der Waals surface area contributed by atoms with Gasteiger partial charge in [0.15, 0.2) is 0 Å². The van der Waals surface area contributed by atoms with E-state index in [4.69, 9.17) is 4.74 Å². The molecule has 0 aliphatic heterocycles. The van der Waals surface area contributed by atoms with E-state index in [0.29, 0.717) is 13.1 Å². The summed E-state index contributed by atoms with van der Waals surface area (Å²) in [6.45, 7) is 5.29. The Morgan fingerprint density at radius 2 is 2.00 bits per heavy atom. The maximum atomic E-state index is 10.2. The summed E-state index contributed by atoms with van der Waals surface area (Å²) in [5.74, 6) is 0.814. The molecule has 0 radical (unpaired) electrons. The highest BCUT2D eigenvalue weighted by atomic mass is 16.5. The van der Waals surface area contributed by atoms with Gasteiger partial charge in [0, 0.05) is 13.1 Å². The molecule has 4 heteroatoms. The van der Waals surface area contributed by atoms with Crippen molar-refractivity contribution in [2.24, 2.45) is 0 Å². The minimum Gasteiger partial charge on any atom is -0.491 e. The van der Waals surface area contributed by atoms with E-state index in [1.165, 1.54) is 5.56 Å². The van der Waals surface area contributed by atoms with Crippen molar-refractivity contribution in [3.8, 4) is 5.75 Å². The zero-order valence-electron chi connectivity index (χ0n) is 13.1. The van der Waals surface area contributed by atoms with Crippen LogP contribution in [0.4, 0.5) is 0 Å². The normalized spacial score (nSPS) is 18.7. The summed E-state index contributed by atoms with van der Waals surface area (Å²) in [5.41, 5.74) is 1.70. The van der Waals surface area contributed by atoms with E-state index in [2.05, 4.69) is 11.4 Å². The Kier molecular flexibility index (Phi) is 5.62. The molecule has 1 fully saturated rings. The van der Waals surface area contributed by atoms with Gasteiger partial charge in [-0.2, -0.15) is 0 Å². The number of rotatable bonds is 7. The lowest BCUT2D eigenvalue weighted by atomic mass is 10.0. The van der Waals surface area contributed by atoms with Crippen LogP contribution in [-0.2, 0) is 0 Å². The number of nitrogens with one attached hydrogen (secondary N) is 1. The third kappa shape index (κ3) is 4.99. The van der Waals surface area contributed by atoms with Gasteiger partial charge in [-0.05, 0) is 38.3 Å². The molecule has 0 heterocycles. The second-order valence-corrected chi connectivity index (χ2v) is 6.30. The predicted molar refractivity (Wildman–Crippen MR) is 83.7 cm³/mol. The summed E-state index contributed by atoms with van der Waals surface area (Å²) >= 11 is 0. The van der Waals surface area contributed by atoms with Crippen LogP contribution in [-0.4, -0.2) is 41.6 Å². The van der Waals surface area contributed by atoms with Crippen molar-refractivity contribution in [2.45, 2.75) is 51.2 Å². The fourth-order valence-electron chi connectivity index (χ4n) is 2.89. The lowest BCUT2D eigenvalue weighted by Crippen LogP contribution is -2.42. The van der Waals surface area contributed by atoms with E-state index < -0.39 is 11.7 Å². The topological polar surface area (TPSA) is 61.7 Å². The fraction of sp³-hybridized carbons (Fsp3) is 0.647. The molecule has 0 amide bonds. The number of ether oxygens (including phenoxy) is 1. The average Bonchev–Trinajstić information content (AvgIpc) is 2.85. The largest absolute Gasteiger partial charge is 0.491 e. The number of aryl methyl sites for hydroxylation is 2. The van der Waals surface area contributed by atoms with Gasteiger partial charge >= 0.3 is 0 Å². The van der Waals surface area contributed by atoms with Gasteiger partial charge in [-0.1, -0.05) is 30.5 Å². The molecule has 1 aliphatic rings. The fourth-order valence-corrected chi connectivity index (χ4v) is 2.89. The van der Waals surface area contributed by atoms with Crippen LogP contribution >= 0.6 is 0 Å². The molecule has 1 aliphatic carbocycles. The Morgan fingerprint density at radius 3 is 2.67 bits per heavy atom. The second kappa shape index (κ2) is 7.25. The van der Waals surface area contributed by atoms with E-state index in [-0.39, 0.29) is 6.61 Å². The highest BCUT2D eigenvalue weighted by Crippen LogP contribution is 2.28. The van der Waals surface area contributed by atoms with E-state index in [0.717, 1.165) is 37.0 Å². The average molecular weight is 293 g/mol. The van der Waals surface area contributed by atoms with Crippen LogP contribution in [0.5, 0.6) is 5.75 Å². The van der Waals surface area contributed by atoms with Crippen molar-refractivity contribution in [3.05, 3.63) is 29.3 Å². The van der Waals surface area contributed by atoms with Crippen molar-refractivity contribution in [2.75, 3.05) is 19.7 Å². The lowest BCUT2D eigenvalue weighted by Gasteiger charge is -2.23. The summed E-state index contributed by atoms with van der Waals surface area (Å²) in [4.78, 5) is 0. The first-order valence-electron chi connectivity index (χ1n) is 7.80. The van der Waals surface area contributed by atoms with Crippen LogP contribution in [0.3, 0.4) is 0 Å². The first-order chi connectivity index (χ1) is 9.98. The first kappa shape index (κ1) is 16.3. The van der Waals surface area contributed by atoms with Crippen molar-refractivity contribution < 1.29 is 14.9 Å². The van der Waals surface area contributed by atoms with Crippen molar-refractivity contribution in [3.63, 3.8) is 0 Å². The van der Waals surface area contributed by atoms with Crippen molar-refractivity contribution >= 4 is 0 Å². The van der Waals surface area contributed by atoms with Crippen LogP contribution in [0.25, 0.3) is 0 Å². The molecule has 0 spiro atoms. The predicted octanol–water partition coefficient (Wildman–Crippen LogP) is 1.94. The number of aliphatic hydroxyl groups excluding tert-OH is 1. The lowest BCUT2D eigenvalue weighted by molar-refractivity contribution is 0.0406. The van der Waals surface area contributed by atoms with E-state index in [1.54, 1.807) is 0 Å². The first-order valence-corrected chi connectivity index (χ1v) is 7.80. The molecule has 0 saturated heterocycles. The van der Waals surface area contributed by atoms with Crippen LogP contribution in [0.2, 0.25) is 0 Å². The quantitative estimate of drug-likeness (QED) is 0.719. The van der Waals surface area contributed by atoms with Gasteiger partial charge in [0.1, 0.15) is 18.5 Å². The molecular weight excluding hydrogens is 266 g/mol. The molecule has 4 nitrogen and oxygen atoms in total. The molecule has 1 aromatic carbocycles. The van der Waals surface area contributed by atoms with Gasteiger partial charge in [0.25, 0.3) is 0 Å². The van der Waals surface area contributed by atoms with Gasteiger partial charge in [0.2, 0.25) is 0 Å². The van der Waals surface area contributed by atoms with Crippen molar-refractivity contribution in [1.29, 1.82) is 0 Å². The summed E-state index contributed by atoms with van der Waals surface area (Å²) in [7, 11) is 0. The number of aliphatic hydroxyl groups is 2. The van der Waals surface area contributed by atoms with Crippen LogP contribution < -0.4 is 10.1 Å². The second-order valence-electron chi connectivity index (χ2n) is 6.30. The zero-order chi connectivity index (χ0) is 15.3. The van der Waals surface area contributed by atoms with E-state index >= 15 is 0 Å². The minimum absolute atomic E-state index is 0.259. The highest BCUT2D eigenvalue weighted by Gasteiger charge is 2.30. The molecular formula is C17H27NO3. The van der Waals surface area contributed by atoms with E-state index in [1.807, 2.05) is 26.0 Å². The maximum absolute atomic E-state index is 10.2. The Morgan fingerprint density at radius 1 is 1.29 bits per heavy atom. The highest BCUT2D eigenvalue weighted by molar-refractivity contribution is 5.35. The summed E-state index contributed by atoms with van der Waals surface area (Å²) < 4.78 is 5.65. The zero-order valence-corrected chi connectivity index (χ0v) is 13.1. The number of hydrogen-bond acceptors (Lipinski definition) is 4. The molecule has 118 valence electrons. The van der Waals surface area contributed by atoms with E-state index in [9.17, 15) is 10.2 Å². The Bertz CT molecular complexity index is 455. The molecule has 2 rings (SSSR count). The smallest absolute Gasteiger partial charge is 0.122 e. The number of hydrogen-bond donors (Lipinski definition) is 3. The monoisotopic (exact) mass is 293 g/mol. The van der Waals surface area contributed by atoms with Crippen LogP contribution in [0.1, 0.15) is 36.8 Å². The summed E-state index contributed by atoms with van der Waals surface area (Å²) in [6.07, 6.45) is 3.33. The molecule has 1 unspecified atom stereocenters. The Hall–Kier alpha value is -1.10. The van der Waals surface area contributed by atoms with Crippen LogP contribution in [0.15, 0.2) is 18.2 Å². The summed E-state index contributed by atoms with van der Waals surface area (Å²) in [5, 5.41) is 23.3. The number of benzene rings is 1. The molecule has 0 bridgehead atoms. The molecule has 1 aromatic rings. The maximum Gasteiger partial charge on any atom is 0.122 e. The minimum atomic E-state index is -0.575. The Labute approximate surface area is 127 Å². The third-order valence-corrected chi connectivity index (χ3v) is 4.13. The van der Waals surface area contributed by atoms with Crippen molar-refractivity contribution in [1.82, 2.24) is 5.32 Å². The van der Waals surface area contributed by atoms with Gasteiger partial charge in [0.05, 0.1) is 5.60 Å². The van der Waals surface area contributed by atoms with Gasteiger partial charge in [-0.3, -0.25) is 0 Å². The molecule has 21 heavy (non-hydrogen) atoms. The SMILES string of the molecule is Cc1ccc(OCC(O)CNCC2(O)CCCC2)c(C)c1. The van der Waals surface area contributed by atoms with Gasteiger partial charge in [-0.15, -0.1) is 0 Å². The molecule has 0 aromatic heterocycles. The summed E-state index contributed by atoms with van der Waals surface area (Å²) in [6, 6.07) is 6.00. The molecule has 1 atom stereocenters. The van der Waals surface area contributed by atoms with Gasteiger partial charge < -0.3 is 20.3 Å². The van der Waals surface area contributed by atoms with Crippen LogP contribution in [0, 0.1) is 13.8 Å². The molecule has 1 saturated carbocycles. The molecule has 3 N–H and O–H groups in total. The standard InChI is InChI=1S/C17H27NO3/c1-13-5-6-16(14(2)9-13)21-11-15(19)10-18-12-17(20)7-3-4-8-17/h5-6,9,15,18-20H,3-4,7-8,10-12H2,1-2H3.